The SMILES string of the molecule is C\C=C/C(Br)=C\C(=N\C(=C/C)C[C@H](NC(=O)OC(C)(C)C)C(=O)O)C(C)C. The molecule has 0 aliphatic rings. The predicted molar refractivity (Wildman–Crippen MR) is 113 cm³/mol. The largest absolute Gasteiger partial charge is 0.480 e. The van der Waals surface area contributed by atoms with Gasteiger partial charge in [-0.1, -0.05) is 48.0 Å². The Labute approximate surface area is 170 Å². The molecule has 0 unspecified atom stereocenters. The summed E-state index contributed by atoms with van der Waals surface area (Å²) in [6.45, 7) is 12.9. The van der Waals surface area contributed by atoms with E-state index in [4.69, 9.17) is 4.74 Å². The molecule has 0 aromatic rings. The van der Waals surface area contributed by atoms with Gasteiger partial charge in [0.1, 0.15) is 11.6 Å². The Morgan fingerprint density at radius 3 is 2.26 bits per heavy atom. The van der Waals surface area contributed by atoms with Crippen LogP contribution in [-0.4, -0.2) is 34.5 Å². The van der Waals surface area contributed by atoms with Crippen LogP contribution in [0.4, 0.5) is 4.79 Å². The van der Waals surface area contributed by atoms with Crippen molar-refractivity contribution in [2.45, 2.75) is 66.5 Å². The lowest BCUT2D eigenvalue weighted by atomic mass is 10.1. The number of carbonyl (C=O) groups excluding carboxylic acids is 1. The van der Waals surface area contributed by atoms with E-state index in [1.54, 1.807) is 33.8 Å². The smallest absolute Gasteiger partial charge is 0.408 e. The Balaban J connectivity index is 5.46. The van der Waals surface area contributed by atoms with E-state index in [-0.39, 0.29) is 12.3 Å². The highest BCUT2D eigenvalue weighted by Gasteiger charge is 2.25. The van der Waals surface area contributed by atoms with Gasteiger partial charge in [0.05, 0.1) is 0 Å². The quantitative estimate of drug-likeness (QED) is 0.398. The molecule has 1 amide bonds. The second-order valence-electron chi connectivity index (χ2n) is 7.24. The molecule has 7 heteroatoms. The normalized spacial score (nSPS) is 15.2. The van der Waals surface area contributed by atoms with Crippen molar-refractivity contribution in [1.29, 1.82) is 0 Å². The molecule has 0 radical (unpaired) electrons. The van der Waals surface area contributed by atoms with E-state index in [0.29, 0.717) is 5.70 Å². The van der Waals surface area contributed by atoms with Crippen molar-refractivity contribution in [1.82, 2.24) is 5.32 Å². The molecule has 0 saturated carbocycles. The highest BCUT2D eigenvalue weighted by atomic mass is 79.9. The molecule has 2 N–H and O–H groups in total. The third kappa shape index (κ3) is 11.4. The first-order chi connectivity index (χ1) is 12.4. The molecule has 0 aromatic heterocycles. The topological polar surface area (TPSA) is 88.0 Å². The fourth-order valence-corrected chi connectivity index (χ4v) is 2.43. The molecular formula is C20H31BrN2O4. The zero-order valence-electron chi connectivity index (χ0n) is 17.2. The molecule has 0 heterocycles. The summed E-state index contributed by atoms with van der Waals surface area (Å²) in [6.07, 6.45) is 6.72. The number of aliphatic imine (C=N–C) groups is 1. The number of carbonyl (C=O) groups is 2. The van der Waals surface area contributed by atoms with Crippen molar-refractivity contribution in [3.05, 3.63) is 34.5 Å². The van der Waals surface area contributed by atoms with Gasteiger partial charge in [-0.3, -0.25) is 4.99 Å². The average Bonchev–Trinajstić information content (AvgIpc) is 2.50. The molecule has 0 aliphatic carbocycles. The number of hydrogen-bond acceptors (Lipinski definition) is 4. The van der Waals surface area contributed by atoms with E-state index >= 15 is 0 Å². The number of alkyl carbamates (subject to hydrolysis) is 1. The number of carboxylic acids is 1. The maximum atomic E-state index is 11.9. The van der Waals surface area contributed by atoms with Crippen molar-refractivity contribution in [2.24, 2.45) is 10.9 Å². The molecule has 6 nitrogen and oxygen atoms in total. The summed E-state index contributed by atoms with van der Waals surface area (Å²) in [6, 6.07) is -1.13. The molecule has 1 atom stereocenters. The first-order valence-corrected chi connectivity index (χ1v) is 9.64. The highest BCUT2D eigenvalue weighted by Crippen LogP contribution is 2.16. The molecule has 0 spiro atoms. The van der Waals surface area contributed by atoms with Crippen LogP contribution in [0.1, 0.15) is 54.9 Å². The minimum atomic E-state index is -1.15. The monoisotopic (exact) mass is 442 g/mol. The third-order valence-electron chi connectivity index (χ3n) is 3.21. The van der Waals surface area contributed by atoms with Gasteiger partial charge in [0, 0.05) is 22.3 Å². The summed E-state index contributed by atoms with van der Waals surface area (Å²) in [5.41, 5.74) is 0.664. The van der Waals surface area contributed by atoms with Gasteiger partial charge in [-0.25, -0.2) is 9.59 Å². The zero-order chi connectivity index (χ0) is 21.2. The number of allylic oxidation sites excluding steroid dienone is 5. The van der Waals surface area contributed by atoms with Gasteiger partial charge in [0.25, 0.3) is 0 Å². The van der Waals surface area contributed by atoms with Crippen LogP contribution in [0.15, 0.2) is 39.5 Å². The Kier molecular flexibility index (Phi) is 10.9. The van der Waals surface area contributed by atoms with E-state index in [1.165, 1.54) is 0 Å². The van der Waals surface area contributed by atoms with Crippen LogP contribution in [0.5, 0.6) is 0 Å². The second-order valence-corrected chi connectivity index (χ2v) is 8.16. The standard InChI is InChI=1S/C20H31BrN2O4/c1-8-10-14(21)11-16(13(3)4)22-15(9-2)12-17(18(24)25)23-19(26)27-20(5,6)7/h8-11,13,17H,12H2,1-7H3,(H,23,26)(H,24,25)/b10-8-,14-11+,15-9-,22-16-/t17-/m0/s1. The fourth-order valence-electron chi connectivity index (χ4n) is 1.93. The number of aliphatic carboxylic acids is 1. The number of nitrogens with zero attached hydrogens (tertiary/aromatic N) is 1. The summed E-state index contributed by atoms with van der Waals surface area (Å²) in [4.78, 5) is 28.1. The number of carboxylic acid groups (broad SMARTS) is 1. The number of hydrogen-bond donors (Lipinski definition) is 2. The van der Waals surface area contributed by atoms with E-state index in [0.717, 1.165) is 10.2 Å². The molecule has 0 rings (SSSR count). The first kappa shape index (κ1) is 25.1. The van der Waals surface area contributed by atoms with Crippen LogP contribution < -0.4 is 5.32 Å². The van der Waals surface area contributed by atoms with Crippen LogP contribution in [0.25, 0.3) is 0 Å². The van der Waals surface area contributed by atoms with Crippen LogP contribution in [-0.2, 0) is 9.53 Å². The van der Waals surface area contributed by atoms with Gasteiger partial charge in [-0.15, -0.1) is 0 Å². The average molecular weight is 443 g/mol. The summed E-state index contributed by atoms with van der Waals surface area (Å²) in [5.74, 6) is -1.01. The van der Waals surface area contributed by atoms with Gasteiger partial charge < -0.3 is 15.2 Å². The molecule has 0 saturated heterocycles. The van der Waals surface area contributed by atoms with Crippen LogP contribution in [0.3, 0.4) is 0 Å². The van der Waals surface area contributed by atoms with Gasteiger partial charge in [0.15, 0.2) is 0 Å². The van der Waals surface area contributed by atoms with Crippen molar-refractivity contribution >= 4 is 33.7 Å². The van der Waals surface area contributed by atoms with Crippen LogP contribution in [0.2, 0.25) is 0 Å². The molecular weight excluding hydrogens is 412 g/mol. The molecule has 27 heavy (non-hydrogen) atoms. The van der Waals surface area contributed by atoms with Gasteiger partial charge in [0.2, 0.25) is 0 Å². The Morgan fingerprint density at radius 2 is 1.85 bits per heavy atom. The molecule has 0 fully saturated rings. The Bertz CT molecular complexity index is 641. The summed E-state index contributed by atoms with van der Waals surface area (Å²) in [7, 11) is 0. The lowest BCUT2D eigenvalue weighted by Crippen LogP contribution is -2.43. The lowest BCUT2D eigenvalue weighted by Gasteiger charge is -2.22. The Hall–Kier alpha value is -1.89. The number of rotatable bonds is 8. The highest BCUT2D eigenvalue weighted by molar-refractivity contribution is 9.11. The fraction of sp³-hybridized carbons (Fsp3) is 0.550. The minimum absolute atomic E-state index is 0.0520. The van der Waals surface area contributed by atoms with E-state index < -0.39 is 23.7 Å². The van der Waals surface area contributed by atoms with E-state index in [1.807, 2.05) is 39.0 Å². The second kappa shape index (κ2) is 11.7. The van der Waals surface area contributed by atoms with Crippen molar-refractivity contribution in [2.75, 3.05) is 0 Å². The van der Waals surface area contributed by atoms with Gasteiger partial charge >= 0.3 is 12.1 Å². The van der Waals surface area contributed by atoms with Crippen molar-refractivity contribution in [3.8, 4) is 0 Å². The maximum absolute atomic E-state index is 11.9. The molecule has 152 valence electrons. The minimum Gasteiger partial charge on any atom is -0.480 e. The number of halogens is 1. The summed E-state index contributed by atoms with van der Waals surface area (Å²) in [5, 5.41) is 11.8. The van der Waals surface area contributed by atoms with Gasteiger partial charge in [-0.2, -0.15) is 0 Å². The molecule has 0 aromatic carbocycles. The number of nitrogens with one attached hydrogen (secondary N) is 1. The van der Waals surface area contributed by atoms with Crippen LogP contribution in [0, 0.1) is 5.92 Å². The number of ether oxygens (including phenoxy) is 1. The number of amides is 1. The van der Waals surface area contributed by atoms with E-state index in [9.17, 15) is 14.7 Å². The first-order valence-electron chi connectivity index (χ1n) is 8.85. The van der Waals surface area contributed by atoms with Crippen LogP contribution >= 0.6 is 15.9 Å². The van der Waals surface area contributed by atoms with Crippen molar-refractivity contribution < 1.29 is 19.4 Å². The lowest BCUT2D eigenvalue weighted by molar-refractivity contribution is -0.139. The maximum Gasteiger partial charge on any atom is 0.408 e. The zero-order valence-corrected chi connectivity index (χ0v) is 18.8. The summed E-state index contributed by atoms with van der Waals surface area (Å²) >= 11 is 3.46. The predicted octanol–water partition coefficient (Wildman–Crippen LogP) is 5.21. The molecule has 0 bridgehead atoms. The summed E-state index contributed by atoms with van der Waals surface area (Å²) < 4.78 is 6.01. The van der Waals surface area contributed by atoms with Crippen molar-refractivity contribution in [3.63, 3.8) is 0 Å². The Morgan fingerprint density at radius 1 is 1.26 bits per heavy atom. The van der Waals surface area contributed by atoms with E-state index in [2.05, 4.69) is 26.2 Å². The third-order valence-corrected chi connectivity index (χ3v) is 3.70. The van der Waals surface area contributed by atoms with Gasteiger partial charge in [-0.05, 0) is 46.6 Å². The molecule has 0 aliphatic heterocycles.